The Morgan fingerprint density at radius 1 is 1.41 bits per heavy atom. The van der Waals surface area contributed by atoms with Crippen molar-refractivity contribution in [1.29, 1.82) is 0 Å². The predicted octanol–water partition coefficient (Wildman–Crippen LogP) is 2.35. The van der Waals surface area contributed by atoms with Crippen LogP contribution in [0.2, 0.25) is 0 Å². The van der Waals surface area contributed by atoms with E-state index in [1.54, 1.807) is 0 Å². The molecule has 2 N–H and O–H groups in total. The first-order valence-electron chi connectivity index (χ1n) is 6.20. The van der Waals surface area contributed by atoms with Gasteiger partial charge in [-0.3, -0.25) is 4.79 Å². The maximum Gasteiger partial charge on any atom is 0.224 e. The van der Waals surface area contributed by atoms with Crippen LogP contribution < -0.4 is 5.73 Å². The number of hydrogen-bond acceptors (Lipinski definition) is 3. The Kier molecular flexibility index (Phi) is 7.17. The summed E-state index contributed by atoms with van der Waals surface area (Å²) < 4.78 is 0. The van der Waals surface area contributed by atoms with E-state index in [1.807, 2.05) is 23.7 Å². The van der Waals surface area contributed by atoms with Crippen molar-refractivity contribution >= 4 is 17.7 Å². The molecule has 0 spiro atoms. The molecule has 0 aromatic heterocycles. The number of rotatable bonds is 6. The van der Waals surface area contributed by atoms with E-state index in [4.69, 9.17) is 5.73 Å². The molecule has 0 saturated carbocycles. The number of amides is 1. The molecule has 0 bridgehead atoms. The fourth-order valence-corrected chi connectivity index (χ4v) is 1.94. The van der Waals surface area contributed by atoms with Gasteiger partial charge in [0.05, 0.1) is 0 Å². The second-order valence-electron chi connectivity index (χ2n) is 5.81. The SMILES string of the molecule is CSCCC(C)N(C)C(=O)CC(N)C(C)(C)C. The first-order valence-corrected chi connectivity index (χ1v) is 7.59. The summed E-state index contributed by atoms with van der Waals surface area (Å²) in [5.41, 5.74) is 6.02. The highest BCUT2D eigenvalue weighted by Gasteiger charge is 2.25. The molecule has 0 rings (SSSR count). The van der Waals surface area contributed by atoms with Gasteiger partial charge in [0, 0.05) is 25.6 Å². The highest BCUT2D eigenvalue weighted by Crippen LogP contribution is 2.20. The molecule has 0 fully saturated rings. The lowest BCUT2D eigenvalue weighted by molar-refractivity contribution is -0.132. The van der Waals surface area contributed by atoms with Crippen LogP contribution in [-0.4, -0.2) is 41.9 Å². The van der Waals surface area contributed by atoms with Gasteiger partial charge in [-0.2, -0.15) is 11.8 Å². The van der Waals surface area contributed by atoms with Crippen LogP contribution in [-0.2, 0) is 4.79 Å². The van der Waals surface area contributed by atoms with E-state index in [9.17, 15) is 4.79 Å². The number of nitrogens with zero attached hydrogens (tertiary/aromatic N) is 1. The Morgan fingerprint density at radius 3 is 2.35 bits per heavy atom. The lowest BCUT2D eigenvalue weighted by atomic mass is 9.85. The largest absolute Gasteiger partial charge is 0.343 e. The first-order chi connectivity index (χ1) is 7.70. The number of carbonyl (C=O) groups excluding carboxylic acids is 1. The van der Waals surface area contributed by atoms with Crippen LogP contribution in [0.5, 0.6) is 0 Å². The third kappa shape index (κ3) is 6.32. The molecule has 0 aliphatic heterocycles. The van der Waals surface area contributed by atoms with Crippen molar-refractivity contribution in [2.45, 2.75) is 52.6 Å². The molecule has 1 amide bonds. The average molecular weight is 260 g/mol. The van der Waals surface area contributed by atoms with Gasteiger partial charge in [-0.15, -0.1) is 0 Å². The van der Waals surface area contributed by atoms with Crippen LogP contribution in [0.3, 0.4) is 0 Å². The zero-order valence-electron chi connectivity index (χ0n) is 12.1. The molecule has 0 saturated heterocycles. The van der Waals surface area contributed by atoms with E-state index < -0.39 is 0 Å². The van der Waals surface area contributed by atoms with Gasteiger partial charge in [-0.05, 0) is 30.8 Å². The van der Waals surface area contributed by atoms with Crippen LogP contribution in [0.25, 0.3) is 0 Å². The van der Waals surface area contributed by atoms with Gasteiger partial charge >= 0.3 is 0 Å². The highest BCUT2D eigenvalue weighted by atomic mass is 32.2. The number of nitrogens with two attached hydrogens (primary N) is 1. The Morgan fingerprint density at radius 2 is 1.94 bits per heavy atom. The van der Waals surface area contributed by atoms with E-state index in [0.717, 1.165) is 12.2 Å². The summed E-state index contributed by atoms with van der Waals surface area (Å²) in [6.45, 7) is 8.31. The predicted molar refractivity (Wildman–Crippen MR) is 77.3 cm³/mol. The van der Waals surface area contributed by atoms with Gasteiger partial charge in [-0.1, -0.05) is 20.8 Å². The molecule has 0 aromatic carbocycles. The van der Waals surface area contributed by atoms with E-state index in [1.165, 1.54) is 0 Å². The minimum Gasteiger partial charge on any atom is -0.343 e. The molecular weight excluding hydrogens is 232 g/mol. The van der Waals surface area contributed by atoms with Gasteiger partial charge in [0.2, 0.25) is 5.91 Å². The molecule has 2 unspecified atom stereocenters. The Balaban J connectivity index is 4.22. The quantitative estimate of drug-likeness (QED) is 0.797. The number of carbonyl (C=O) groups is 1. The molecule has 102 valence electrons. The van der Waals surface area contributed by atoms with Crippen molar-refractivity contribution in [2.24, 2.45) is 11.1 Å². The molecule has 3 nitrogen and oxygen atoms in total. The van der Waals surface area contributed by atoms with Crippen molar-refractivity contribution in [3.8, 4) is 0 Å². The third-order valence-electron chi connectivity index (χ3n) is 3.30. The highest BCUT2D eigenvalue weighted by molar-refractivity contribution is 7.98. The Bertz CT molecular complexity index is 238. The second-order valence-corrected chi connectivity index (χ2v) is 6.80. The number of hydrogen-bond donors (Lipinski definition) is 1. The van der Waals surface area contributed by atoms with E-state index in [-0.39, 0.29) is 17.4 Å². The van der Waals surface area contributed by atoms with E-state index >= 15 is 0 Å². The maximum absolute atomic E-state index is 12.0. The first kappa shape index (κ1) is 16.8. The van der Waals surface area contributed by atoms with Crippen molar-refractivity contribution in [3.63, 3.8) is 0 Å². The van der Waals surface area contributed by atoms with Crippen LogP contribution >= 0.6 is 11.8 Å². The van der Waals surface area contributed by atoms with Gasteiger partial charge < -0.3 is 10.6 Å². The molecule has 4 heteroatoms. The monoisotopic (exact) mass is 260 g/mol. The van der Waals surface area contributed by atoms with Gasteiger partial charge in [0.25, 0.3) is 0 Å². The zero-order valence-corrected chi connectivity index (χ0v) is 12.9. The van der Waals surface area contributed by atoms with Crippen LogP contribution in [0.1, 0.15) is 40.5 Å². The van der Waals surface area contributed by atoms with Crippen LogP contribution in [0, 0.1) is 5.41 Å². The van der Waals surface area contributed by atoms with Gasteiger partial charge in [-0.25, -0.2) is 0 Å². The molecule has 17 heavy (non-hydrogen) atoms. The van der Waals surface area contributed by atoms with Gasteiger partial charge in [0.15, 0.2) is 0 Å². The molecule has 0 aliphatic rings. The van der Waals surface area contributed by atoms with Crippen molar-refractivity contribution in [1.82, 2.24) is 4.90 Å². The summed E-state index contributed by atoms with van der Waals surface area (Å²) in [4.78, 5) is 13.9. The average Bonchev–Trinajstić information content (AvgIpc) is 2.23. The van der Waals surface area contributed by atoms with Crippen LogP contribution in [0.15, 0.2) is 0 Å². The lowest BCUT2D eigenvalue weighted by Gasteiger charge is -2.30. The molecule has 2 atom stereocenters. The minimum atomic E-state index is -0.0785. The fourth-order valence-electron chi connectivity index (χ4n) is 1.37. The molecule has 0 aliphatic carbocycles. The molecule has 0 aromatic rings. The lowest BCUT2D eigenvalue weighted by Crippen LogP contribution is -2.43. The minimum absolute atomic E-state index is 0.0149. The molecule has 0 heterocycles. The second kappa shape index (κ2) is 7.27. The maximum atomic E-state index is 12.0. The number of thioether (sulfide) groups is 1. The summed E-state index contributed by atoms with van der Waals surface area (Å²) in [5.74, 6) is 1.24. The van der Waals surface area contributed by atoms with Crippen molar-refractivity contribution in [3.05, 3.63) is 0 Å². The Labute approximate surface area is 111 Å². The summed E-state index contributed by atoms with van der Waals surface area (Å²) in [7, 11) is 1.88. The summed E-state index contributed by atoms with van der Waals surface area (Å²) in [6.07, 6.45) is 3.56. The van der Waals surface area contributed by atoms with Crippen molar-refractivity contribution in [2.75, 3.05) is 19.1 Å². The molecular formula is C13H28N2OS. The topological polar surface area (TPSA) is 46.3 Å². The summed E-state index contributed by atoms with van der Waals surface area (Å²) in [6, 6.07) is 0.215. The summed E-state index contributed by atoms with van der Waals surface area (Å²) in [5, 5.41) is 0. The van der Waals surface area contributed by atoms with E-state index in [2.05, 4.69) is 34.0 Å². The third-order valence-corrected chi connectivity index (χ3v) is 3.95. The summed E-state index contributed by atoms with van der Waals surface area (Å²) >= 11 is 1.81. The fraction of sp³-hybridized carbons (Fsp3) is 0.923. The van der Waals surface area contributed by atoms with Crippen LogP contribution in [0.4, 0.5) is 0 Å². The zero-order chi connectivity index (χ0) is 13.6. The van der Waals surface area contributed by atoms with E-state index in [0.29, 0.717) is 12.5 Å². The van der Waals surface area contributed by atoms with Gasteiger partial charge in [0.1, 0.15) is 0 Å². The standard InChI is InChI=1S/C13H28N2OS/c1-10(7-8-17-6)15(5)12(16)9-11(14)13(2,3)4/h10-11H,7-9,14H2,1-6H3. The Hall–Kier alpha value is -0.220. The van der Waals surface area contributed by atoms with Crippen molar-refractivity contribution < 1.29 is 4.79 Å². The molecule has 0 radical (unpaired) electrons. The smallest absolute Gasteiger partial charge is 0.224 e. The normalized spacial score (nSPS) is 15.5.